The maximum absolute atomic E-state index is 9.43. The van der Waals surface area contributed by atoms with Gasteiger partial charge in [0.1, 0.15) is 17.9 Å². The van der Waals surface area contributed by atoms with Crippen molar-refractivity contribution in [1.29, 1.82) is 0 Å². The smallest absolute Gasteiger partial charge is 0.145 e. The normalized spacial score (nSPS) is 12.6. The van der Waals surface area contributed by atoms with Gasteiger partial charge in [-0.1, -0.05) is 27.5 Å². The van der Waals surface area contributed by atoms with Crippen LogP contribution in [0.4, 0.5) is 0 Å². The van der Waals surface area contributed by atoms with Crippen LogP contribution in [0.3, 0.4) is 0 Å². The molecule has 0 fully saturated rings. The lowest BCUT2D eigenvalue weighted by Crippen LogP contribution is -2.18. The summed E-state index contributed by atoms with van der Waals surface area (Å²) in [5.41, 5.74) is 0.710. The Kier molecular flexibility index (Phi) is 4.20. The zero-order valence-electron chi connectivity index (χ0n) is 8.94. The van der Waals surface area contributed by atoms with Gasteiger partial charge in [0.25, 0.3) is 0 Å². The second-order valence-corrected chi connectivity index (χ2v) is 4.62. The van der Waals surface area contributed by atoms with Crippen LogP contribution in [0.5, 0.6) is 5.75 Å². The minimum atomic E-state index is -0.538. The molecule has 1 aromatic heterocycles. The summed E-state index contributed by atoms with van der Waals surface area (Å²) in [7, 11) is 0. The van der Waals surface area contributed by atoms with Crippen LogP contribution in [-0.2, 0) is 0 Å². The van der Waals surface area contributed by atoms with E-state index in [1.54, 1.807) is 18.3 Å². The van der Waals surface area contributed by atoms with Gasteiger partial charge in [0.15, 0.2) is 0 Å². The lowest BCUT2D eigenvalue weighted by atomic mass is 10.2. The number of aliphatic hydroxyl groups excluding tert-OH is 1. The van der Waals surface area contributed by atoms with Gasteiger partial charge in [-0.15, -0.1) is 0 Å². The van der Waals surface area contributed by atoms with Crippen LogP contribution in [0.2, 0.25) is 5.02 Å². The van der Waals surface area contributed by atoms with Gasteiger partial charge in [-0.3, -0.25) is 4.98 Å². The Morgan fingerprint density at radius 1 is 1.41 bits per heavy atom. The Hall–Kier alpha value is -0.840. The summed E-state index contributed by atoms with van der Waals surface area (Å²) < 4.78 is 5.53. The van der Waals surface area contributed by atoms with Gasteiger partial charge in [-0.25, -0.2) is 0 Å². The third-order valence-electron chi connectivity index (χ3n) is 2.29. The summed E-state index contributed by atoms with van der Waals surface area (Å²) >= 11 is 9.25. The fraction of sp³-hybridized carbons (Fsp3) is 0.250. The summed E-state index contributed by atoms with van der Waals surface area (Å²) in [4.78, 5) is 4.24. The minimum absolute atomic E-state index is 0.221. The fourth-order valence-corrected chi connectivity index (χ4v) is 1.86. The Bertz CT molecular complexity index is 521. The van der Waals surface area contributed by atoms with Crippen LogP contribution < -0.4 is 4.74 Å². The summed E-state index contributed by atoms with van der Waals surface area (Å²) in [6.45, 7) is 0.221. The van der Waals surface area contributed by atoms with Crippen molar-refractivity contribution in [2.75, 3.05) is 11.9 Å². The molecule has 2 aromatic rings. The van der Waals surface area contributed by atoms with Gasteiger partial charge < -0.3 is 9.84 Å². The molecule has 0 saturated carbocycles. The largest absolute Gasteiger partial charge is 0.489 e. The van der Waals surface area contributed by atoms with E-state index in [1.165, 1.54) is 0 Å². The molecule has 0 saturated heterocycles. The number of nitrogens with zero attached hydrogens (tertiary/aromatic N) is 1. The molecular weight excluding hydrogens is 305 g/mol. The highest BCUT2D eigenvalue weighted by atomic mass is 79.9. The topological polar surface area (TPSA) is 42.4 Å². The number of benzene rings is 1. The Morgan fingerprint density at radius 2 is 2.24 bits per heavy atom. The van der Waals surface area contributed by atoms with Crippen molar-refractivity contribution in [1.82, 2.24) is 4.98 Å². The van der Waals surface area contributed by atoms with E-state index >= 15 is 0 Å². The number of ether oxygens (including phenoxy) is 1. The van der Waals surface area contributed by atoms with Gasteiger partial charge in [-0.05, 0) is 24.3 Å². The fourth-order valence-electron chi connectivity index (χ4n) is 1.46. The number of halogens is 2. The molecule has 0 radical (unpaired) electrons. The monoisotopic (exact) mass is 315 g/mol. The maximum Gasteiger partial charge on any atom is 0.145 e. The number of aliphatic hydroxyl groups is 1. The molecule has 2 rings (SSSR count). The predicted molar refractivity (Wildman–Crippen MR) is 72.0 cm³/mol. The highest BCUT2D eigenvalue weighted by molar-refractivity contribution is 9.09. The molecule has 1 heterocycles. The summed E-state index contributed by atoms with van der Waals surface area (Å²) in [5.74, 6) is 0.630. The van der Waals surface area contributed by atoms with Crippen LogP contribution in [0.1, 0.15) is 0 Å². The molecule has 1 unspecified atom stereocenters. The van der Waals surface area contributed by atoms with E-state index in [9.17, 15) is 5.11 Å². The number of pyridine rings is 1. The van der Waals surface area contributed by atoms with Crippen molar-refractivity contribution >= 4 is 38.4 Å². The van der Waals surface area contributed by atoms with Crippen molar-refractivity contribution < 1.29 is 9.84 Å². The van der Waals surface area contributed by atoms with Gasteiger partial charge in [0.05, 0.1) is 11.1 Å². The second-order valence-electron chi connectivity index (χ2n) is 3.56. The molecule has 1 aromatic carbocycles. The average Bonchev–Trinajstić information content (AvgIpc) is 2.38. The van der Waals surface area contributed by atoms with Crippen LogP contribution >= 0.6 is 27.5 Å². The lowest BCUT2D eigenvalue weighted by molar-refractivity contribution is 0.128. The van der Waals surface area contributed by atoms with Crippen LogP contribution in [0.25, 0.3) is 10.9 Å². The number of aromatic nitrogens is 1. The van der Waals surface area contributed by atoms with E-state index in [1.807, 2.05) is 12.1 Å². The number of hydrogen-bond donors (Lipinski definition) is 1. The highest BCUT2D eigenvalue weighted by Crippen LogP contribution is 2.29. The van der Waals surface area contributed by atoms with Gasteiger partial charge >= 0.3 is 0 Å². The Labute approximate surface area is 113 Å². The zero-order valence-corrected chi connectivity index (χ0v) is 11.3. The molecule has 17 heavy (non-hydrogen) atoms. The summed E-state index contributed by atoms with van der Waals surface area (Å²) in [6, 6.07) is 7.24. The molecule has 1 atom stereocenters. The maximum atomic E-state index is 9.43. The first-order valence-corrected chi connectivity index (χ1v) is 6.62. The van der Waals surface area contributed by atoms with Gasteiger partial charge in [0, 0.05) is 16.9 Å². The van der Waals surface area contributed by atoms with E-state index in [0.29, 0.717) is 21.6 Å². The molecule has 0 amide bonds. The highest BCUT2D eigenvalue weighted by Gasteiger charge is 2.08. The molecule has 3 nitrogen and oxygen atoms in total. The third kappa shape index (κ3) is 2.89. The van der Waals surface area contributed by atoms with Crippen LogP contribution in [0, 0.1) is 0 Å². The number of alkyl halides is 1. The molecular formula is C12H11BrClNO2. The van der Waals surface area contributed by atoms with Crippen molar-refractivity contribution in [3.8, 4) is 5.75 Å². The quantitative estimate of drug-likeness (QED) is 0.882. The van der Waals surface area contributed by atoms with E-state index < -0.39 is 6.10 Å². The molecule has 0 aliphatic carbocycles. The van der Waals surface area contributed by atoms with Crippen LogP contribution in [-0.4, -0.2) is 28.1 Å². The van der Waals surface area contributed by atoms with Gasteiger partial charge in [-0.2, -0.15) is 0 Å². The van der Waals surface area contributed by atoms with Crippen LogP contribution in [0.15, 0.2) is 30.5 Å². The number of fused-ring (bicyclic) bond motifs is 1. The summed E-state index contributed by atoms with van der Waals surface area (Å²) in [5, 5.41) is 11.4. The first-order chi connectivity index (χ1) is 8.22. The first-order valence-electron chi connectivity index (χ1n) is 5.12. The van der Waals surface area contributed by atoms with E-state index in [2.05, 4.69) is 20.9 Å². The van der Waals surface area contributed by atoms with E-state index in [4.69, 9.17) is 16.3 Å². The van der Waals surface area contributed by atoms with Gasteiger partial charge in [0.2, 0.25) is 0 Å². The lowest BCUT2D eigenvalue weighted by Gasteiger charge is -2.11. The van der Waals surface area contributed by atoms with E-state index in [0.717, 1.165) is 5.39 Å². The SMILES string of the molecule is OC(CBr)COc1ccc(Cl)c2cccnc12. The number of hydrogen-bond acceptors (Lipinski definition) is 3. The zero-order chi connectivity index (χ0) is 12.3. The third-order valence-corrected chi connectivity index (χ3v) is 3.37. The standard InChI is InChI=1S/C12H11BrClNO2/c13-6-8(16)7-17-11-4-3-10(14)9-2-1-5-15-12(9)11/h1-5,8,16H,6-7H2. The molecule has 0 aliphatic heterocycles. The number of rotatable bonds is 4. The average molecular weight is 317 g/mol. The molecule has 0 aliphatic rings. The molecule has 0 bridgehead atoms. The molecule has 0 spiro atoms. The van der Waals surface area contributed by atoms with Crippen molar-refractivity contribution in [3.63, 3.8) is 0 Å². The molecule has 1 N–H and O–H groups in total. The first kappa shape index (κ1) is 12.6. The van der Waals surface area contributed by atoms with E-state index in [-0.39, 0.29) is 6.61 Å². The summed E-state index contributed by atoms with van der Waals surface area (Å²) in [6.07, 6.45) is 1.15. The molecule has 5 heteroatoms. The Morgan fingerprint density at radius 3 is 3.00 bits per heavy atom. The predicted octanol–water partition coefficient (Wildman–Crippen LogP) is 3.02. The minimum Gasteiger partial charge on any atom is -0.489 e. The van der Waals surface area contributed by atoms with Crippen molar-refractivity contribution in [2.24, 2.45) is 0 Å². The second kappa shape index (κ2) is 5.67. The molecule has 90 valence electrons. The van der Waals surface area contributed by atoms with Crippen molar-refractivity contribution in [3.05, 3.63) is 35.5 Å². The Balaban J connectivity index is 2.32. The van der Waals surface area contributed by atoms with Crippen molar-refractivity contribution in [2.45, 2.75) is 6.10 Å².